The van der Waals surface area contributed by atoms with Gasteiger partial charge in [-0.05, 0) is 12.8 Å². The summed E-state index contributed by atoms with van der Waals surface area (Å²) < 4.78 is 39.6. The molecule has 1 aliphatic carbocycles. The van der Waals surface area contributed by atoms with E-state index in [4.69, 9.17) is 5.11 Å². The summed E-state index contributed by atoms with van der Waals surface area (Å²) in [6.07, 6.45) is 3.63. The average molecular weight is 299 g/mol. The quantitative estimate of drug-likeness (QED) is 0.666. The van der Waals surface area contributed by atoms with Crippen LogP contribution in [0.25, 0.3) is 0 Å². The molecular weight excluding hydrogens is 287 g/mol. The molecule has 1 aromatic carbocycles. The molecule has 0 bridgehead atoms. The van der Waals surface area contributed by atoms with Gasteiger partial charge in [0.05, 0.1) is 17.5 Å². The van der Waals surface area contributed by atoms with Gasteiger partial charge in [0.2, 0.25) is 5.91 Å². The molecule has 21 heavy (non-hydrogen) atoms. The van der Waals surface area contributed by atoms with Crippen LogP contribution in [0.5, 0.6) is 0 Å². The summed E-state index contributed by atoms with van der Waals surface area (Å²) >= 11 is 0. The number of rotatable bonds is 3. The summed E-state index contributed by atoms with van der Waals surface area (Å²) in [7, 11) is 0. The smallest absolute Gasteiger partial charge is 0.307 e. The summed E-state index contributed by atoms with van der Waals surface area (Å²) in [5, 5.41) is 11.1. The second-order valence-electron chi connectivity index (χ2n) is 4.73. The number of halogens is 3. The summed E-state index contributed by atoms with van der Waals surface area (Å²) in [5.74, 6) is -7.65. The van der Waals surface area contributed by atoms with Gasteiger partial charge in [-0.25, -0.2) is 13.2 Å². The lowest BCUT2D eigenvalue weighted by atomic mass is 9.82. The minimum absolute atomic E-state index is 0.169. The van der Waals surface area contributed by atoms with Crippen molar-refractivity contribution in [1.82, 2.24) is 0 Å². The Morgan fingerprint density at radius 3 is 2.33 bits per heavy atom. The molecule has 2 N–H and O–H groups in total. The van der Waals surface area contributed by atoms with Gasteiger partial charge in [0.1, 0.15) is 5.82 Å². The molecule has 1 aliphatic rings. The molecule has 2 rings (SSSR count). The van der Waals surface area contributed by atoms with E-state index < -0.39 is 46.9 Å². The summed E-state index contributed by atoms with van der Waals surface area (Å²) in [5.41, 5.74) is -0.642. The standard InChI is InChI=1S/C14H12F3NO3/c15-7-5-10(16)12(17)11(6-7)18-13(19)8-3-1-2-4-9(8)14(20)21/h1-2,5-6,8-9H,3-4H2,(H,18,19)(H,20,21). The third-order valence-electron chi connectivity index (χ3n) is 3.34. The van der Waals surface area contributed by atoms with Crippen LogP contribution in [0.4, 0.5) is 18.9 Å². The average Bonchev–Trinajstić information content (AvgIpc) is 2.44. The van der Waals surface area contributed by atoms with Gasteiger partial charge in [0.25, 0.3) is 0 Å². The molecule has 0 saturated carbocycles. The van der Waals surface area contributed by atoms with Crippen molar-refractivity contribution in [2.24, 2.45) is 11.8 Å². The second kappa shape index (κ2) is 5.99. The van der Waals surface area contributed by atoms with E-state index in [1.807, 2.05) is 0 Å². The minimum Gasteiger partial charge on any atom is -0.481 e. The number of nitrogens with one attached hydrogen (secondary N) is 1. The number of benzene rings is 1. The van der Waals surface area contributed by atoms with E-state index in [0.717, 1.165) is 0 Å². The van der Waals surface area contributed by atoms with Crippen molar-refractivity contribution in [2.75, 3.05) is 5.32 Å². The fourth-order valence-electron chi connectivity index (χ4n) is 2.25. The van der Waals surface area contributed by atoms with Gasteiger partial charge in [-0.3, -0.25) is 9.59 Å². The number of anilines is 1. The van der Waals surface area contributed by atoms with Crippen molar-refractivity contribution in [1.29, 1.82) is 0 Å². The van der Waals surface area contributed by atoms with Gasteiger partial charge >= 0.3 is 5.97 Å². The van der Waals surface area contributed by atoms with Crippen LogP contribution in [-0.4, -0.2) is 17.0 Å². The third-order valence-corrected chi connectivity index (χ3v) is 3.34. The number of amides is 1. The molecule has 0 fully saturated rings. The highest BCUT2D eigenvalue weighted by Gasteiger charge is 2.34. The van der Waals surface area contributed by atoms with Gasteiger partial charge in [-0.15, -0.1) is 0 Å². The number of aliphatic carboxylic acids is 1. The Morgan fingerprint density at radius 2 is 1.71 bits per heavy atom. The van der Waals surface area contributed by atoms with Gasteiger partial charge < -0.3 is 10.4 Å². The van der Waals surface area contributed by atoms with Crippen LogP contribution in [0.2, 0.25) is 0 Å². The predicted octanol–water partition coefficient (Wildman–Crippen LogP) is 2.71. The molecule has 0 saturated heterocycles. The predicted molar refractivity (Wildman–Crippen MR) is 67.9 cm³/mol. The van der Waals surface area contributed by atoms with Crippen LogP contribution in [0.3, 0.4) is 0 Å². The third kappa shape index (κ3) is 3.24. The number of carbonyl (C=O) groups is 2. The number of allylic oxidation sites excluding steroid dienone is 2. The molecule has 4 nitrogen and oxygen atoms in total. The monoisotopic (exact) mass is 299 g/mol. The van der Waals surface area contributed by atoms with Crippen LogP contribution in [-0.2, 0) is 9.59 Å². The zero-order chi connectivity index (χ0) is 15.6. The molecule has 1 amide bonds. The Labute approximate surface area is 118 Å². The molecule has 0 aromatic heterocycles. The SMILES string of the molecule is O=C(O)C1CC=CCC1C(=O)Nc1cc(F)cc(F)c1F. The lowest BCUT2D eigenvalue weighted by molar-refractivity contribution is -0.146. The lowest BCUT2D eigenvalue weighted by Crippen LogP contribution is -2.35. The molecule has 7 heteroatoms. The maximum absolute atomic E-state index is 13.5. The fraction of sp³-hybridized carbons (Fsp3) is 0.286. The molecule has 0 aliphatic heterocycles. The summed E-state index contributed by atoms with van der Waals surface area (Å²) in [6, 6.07) is 0.999. The Bertz CT molecular complexity index is 616. The van der Waals surface area contributed by atoms with E-state index in [1.165, 1.54) is 0 Å². The van der Waals surface area contributed by atoms with Crippen molar-refractivity contribution < 1.29 is 27.9 Å². The first-order valence-electron chi connectivity index (χ1n) is 6.23. The van der Waals surface area contributed by atoms with Crippen molar-refractivity contribution in [2.45, 2.75) is 12.8 Å². The Kier molecular flexibility index (Phi) is 4.30. The zero-order valence-electron chi connectivity index (χ0n) is 10.8. The van der Waals surface area contributed by atoms with E-state index in [9.17, 15) is 22.8 Å². The number of carboxylic acid groups (broad SMARTS) is 1. The number of hydrogen-bond acceptors (Lipinski definition) is 2. The van der Waals surface area contributed by atoms with Crippen LogP contribution in [0, 0.1) is 29.3 Å². The molecule has 0 radical (unpaired) electrons. The highest BCUT2D eigenvalue weighted by atomic mass is 19.2. The Hall–Kier alpha value is -2.31. The maximum atomic E-state index is 13.5. The minimum atomic E-state index is -1.43. The first kappa shape index (κ1) is 15.1. The van der Waals surface area contributed by atoms with Crippen molar-refractivity contribution >= 4 is 17.6 Å². The van der Waals surface area contributed by atoms with Crippen LogP contribution in [0.1, 0.15) is 12.8 Å². The van der Waals surface area contributed by atoms with Crippen LogP contribution < -0.4 is 5.32 Å². The van der Waals surface area contributed by atoms with E-state index in [2.05, 4.69) is 5.32 Å². The second-order valence-corrected chi connectivity index (χ2v) is 4.73. The van der Waals surface area contributed by atoms with E-state index in [0.29, 0.717) is 12.1 Å². The Morgan fingerprint density at radius 1 is 1.10 bits per heavy atom. The van der Waals surface area contributed by atoms with Crippen molar-refractivity contribution in [3.8, 4) is 0 Å². The van der Waals surface area contributed by atoms with Crippen molar-refractivity contribution in [3.63, 3.8) is 0 Å². The van der Waals surface area contributed by atoms with Crippen LogP contribution >= 0.6 is 0 Å². The highest BCUT2D eigenvalue weighted by Crippen LogP contribution is 2.28. The number of carbonyl (C=O) groups excluding carboxylic acids is 1. The van der Waals surface area contributed by atoms with Gasteiger partial charge in [0, 0.05) is 12.1 Å². The summed E-state index contributed by atoms with van der Waals surface area (Å²) in [4.78, 5) is 23.1. The van der Waals surface area contributed by atoms with Gasteiger partial charge in [-0.1, -0.05) is 12.2 Å². The van der Waals surface area contributed by atoms with Gasteiger partial charge in [0.15, 0.2) is 11.6 Å². The Balaban J connectivity index is 2.21. The normalized spacial score (nSPS) is 21.1. The van der Waals surface area contributed by atoms with E-state index >= 15 is 0 Å². The molecule has 112 valence electrons. The maximum Gasteiger partial charge on any atom is 0.307 e. The largest absolute Gasteiger partial charge is 0.481 e. The molecule has 0 heterocycles. The molecule has 2 atom stereocenters. The molecule has 1 aromatic rings. The first-order chi connectivity index (χ1) is 9.90. The van der Waals surface area contributed by atoms with E-state index in [-0.39, 0.29) is 12.8 Å². The lowest BCUT2D eigenvalue weighted by Gasteiger charge is -2.24. The topological polar surface area (TPSA) is 66.4 Å². The number of hydrogen-bond donors (Lipinski definition) is 2. The molecular formula is C14H12F3NO3. The fourth-order valence-corrected chi connectivity index (χ4v) is 2.25. The molecule has 0 spiro atoms. The molecule has 2 unspecified atom stereocenters. The van der Waals surface area contributed by atoms with Crippen molar-refractivity contribution in [3.05, 3.63) is 41.7 Å². The van der Waals surface area contributed by atoms with Gasteiger partial charge in [-0.2, -0.15) is 0 Å². The number of carboxylic acids is 1. The summed E-state index contributed by atoms with van der Waals surface area (Å²) in [6.45, 7) is 0. The van der Waals surface area contributed by atoms with Crippen LogP contribution in [0.15, 0.2) is 24.3 Å². The zero-order valence-corrected chi connectivity index (χ0v) is 10.8. The highest BCUT2D eigenvalue weighted by molar-refractivity contribution is 5.95. The first-order valence-corrected chi connectivity index (χ1v) is 6.23. The van der Waals surface area contributed by atoms with E-state index in [1.54, 1.807) is 12.2 Å².